The fraction of sp³-hybridized carbons (Fsp3) is 0.407. The zero-order chi connectivity index (χ0) is 25.1. The molecule has 36 heavy (non-hydrogen) atoms. The van der Waals surface area contributed by atoms with E-state index in [2.05, 4.69) is 0 Å². The average molecular weight is 531 g/mol. The van der Waals surface area contributed by atoms with E-state index in [1.54, 1.807) is 41.3 Å². The third-order valence-corrected chi connectivity index (χ3v) is 7.50. The average Bonchev–Trinajstić information content (AvgIpc) is 3.31. The van der Waals surface area contributed by atoms with Crippen LogP contribution in [0.15, 0.2) is 52.9 Å². The van der Waals surface area contributed by atoms with Gasteiger partial charge in [-0.25, -0.2) is 0 Å². The van der Waals surface area contributed by atoms with Crippen molar-refractivity contribution >= 4 is 46.0 Å². The van der Waals surface area contributed by atoms with Gasteiger partial charge in [0.2, 0.25) is 5.91 Å². The van der Waals surface area contributed by atoms with E-state index in [0.29, 0.717) is 92.4 Å². The number of piperidine rings is 1. The molecule has 9 heteroatoms. The zero-order valence-electron chi connectivity index (χ0n) is 19.9. The normalized spacial score (nSPS) is 17.8. The van der Waals surface area contributed by atoms with Crippen LogP contribution in [0, 0.1) is 5.41 Å². The van der Waals surface area contributed by atoms with Gasteiger partial charge in [0.1, 0.15) is 11.3 Å². The van der Waals surface area contributed by atoms with Gasteiger partial charge in [-0.3, -0.25) is 9.59 Å². The van der Waals surface area contributed by atoms with Gasteiger partial charge in [0.25, 0.3) is 5.91 Å². The van der Waals surface area contributed by atoms with Crippen LogP contribution in [0.4, 0.5) is 0 Å². The number of furan rings is 1. The van der Waals surface area contributed by atoms with Crippen molar-refractivity contribution < 1.29 is 23.5 Å². The summed E-state index contributed by atoms with van der Waals surface area (Å²) in [6.45, 7) is 3.70. The molecule has 2 fully saturated rings. The largest absolute Gasteiger partial charge is 0.493 e. The van der Waals surface area contributed by atoms with Gasteiger partial charge in [-0.15, -0.1) is 0 Å². The summed E-state index contributed by atoms with van der Waals surface area (Å²) in [7, 11) is 0. The molecular weight excluding hydrogens is 503 g/mol. The van der Waals surface area contributed by atoms with Crippen molar-refractivity contribution in [2.24, 2.45) is 5.41 Å². The van der Waals surface area contributed by atoms with Crippen molar-refractivity contribution in [3.05, 3.63) is 64.3 Å². The van der Waals surface area contributed by atoms with Crippen LogP contribution in [0.3, 0.4) is 0 Å². The molecule has 2 aliphatic heterocycles. The highest BCUT2D eigenvalue weighted by Crippen LogP contribution is 2.37. The number of ether oxygens (including phenoxy) is 2. The Hall–Kier alpha value is -2.74. The molecule has 7 nitrogen and oxygen atoms in total. The van der Waals surface area contributed by atoms with Gasteiger partial charge >= 0.3 is 0 Å². The van der Waals surface area contributed by atoms with Crippen LogP contribution in [0.25, 0.3) is 11.0 Å². The third-order valence-electron chi connectivity index (χ3n) is 7.03. The molecule has 0 N–H and O–H groups in total. The van der Waals surface area contributed by atoms with Gasteiger partial charge in [0.05, 0.1) is 19.8 Å². The van der Waals surface area contributed by atoms with E-state index >= 15 is 0 Å². The fourth-order valence-electron chi connectivity index (χ4n) is 4.87. The molecule has 0 aliphatic carbocycles. The molecule has 0 atom stereocenters. The molecule has 2 saturated heterocycles. The SMILES string of the molecule is O=C(CC1(COc2cccc(Cl)c2)CCN(C(=O)c2cc3cc(Cl)ccc3o2)CC1)N1CCOCC1. The van der Waals surface area contributed by atoms with Gasteiger partial charge in [0.15, 0.2) is 5.76 Å². The number of rotatable bonds is 6. The van der Waals surface area contributed by atoms with Crippen LogP contribution < -0.4 is 4.74 Å². The van der Waals surface area contributed by atoms with E-state index in [9.17, 15) is 9.59 Å². The van der Waals surface area contributed by atoms with E-state index in [4.69, 9.17) is 37.1 Å². The Bertz CT molecular complexity index is 1250. The second-order valence-corrected chi connectivity index (χ2v) is 10.4. The molecule has 0 saturated carbocycles. The lowest BCUT2D eigenvalue weighted by atomic mass is 9.75. The molecule has 5 rings (SSSR count). The maximum absolute atomic E-state index is 13.2. The van der Waals surface area contributed by atoms with Crippen molar-refractivity contribution in [2.45, 2.75) is 19.3 Å². The molecule has 0 radical (unpaired) electrons. The summed E-state index contributed by atoms with van der Waals surface area (Å²) in [5.74, 6) is 0.896. The highest BCUT2D eigenvalue weighted by atomic mass is 35.5. The highest BCUT2D eigenvalue weighted by molar-refractivity contribution is 6.31. The third kappa shape index (κ3) is 5.64. The number of benzene rings is 2. The molecule has 190 valence electrons. The summed E-state index contributed by atoms with van der Waals surface area (Å²) in [5.41, 5.74) is 0.232. The Kier molecular flexibility index (Phi) is 7.42. The first kappa shape index (κ1) is 24.9. The molecule has 0 spiro atoms. The molecule has 2 amide bonds. The number of nitrogens with zero attached hydrogens (tertiary/aromatic N) is 2. The smallest absolute Gasteiger partial charge is 0.289 e. The summed E-state index contributed by atoms with van der Waals surface area (Å²) in [4.78, 5) is 30.1. The highest BCUT2D eigenvalue weighted by Gasteiger charge is 2.40. The van der Waals surface area contributed by atoms with Crippen LogP contribution in [0.1, 0.15) is 29.8 Å². The lowest BCUT2D eigenvalue weighted by Gasteiger charge is -2.42. The molecule has 2 aromatic carbocycles. The van der Waals surface area contributed by atoms with Crippen molar-refractivity contribution in [1.29, 1.82) is 0 Å². The summed E-state index contributed by atoms with van der Waals surface area (Å²) < 4.78 is 17.3. The van der Waals surface area contributed by atoms with E-state index in [1.165, 1.54) is 0 Å². The topological polar surface area (TPSA) is 72.2 Å². The molecule has 3 heterocycles. The predicted octanol–water partition coefficient (Wildman–Crippen LogP) is 5.29. The first-order valence-electron chi connectivity index (χ1n) is 12.1. The van der Waals surface area contributed by atoms with E-state index in [-0.39, 0.29) is 11.8 Å². The van der Waals surface area contributed by atoms with Crippen molar-refractivity contribution in [3.63, 3.8) is 0 Å². The summed E-state index contributed by atoms with van der Waals surface area (Å²) in [6, 6.07) is 14.3. The Balaban J connectivity index is 1.29. The Morgan fingerprint density at radius 3 is 2.42 bits per heavy atom. The lowest BCUT2D eigenvalue weighted by Crippen LogP contribution is -2.49. The van der Waals surface area contributed by atoms with Crippen LogP contribution in [0.2, 0.25) is 10.0 Å². The van der Waals surface area contributed by atoms with Gasteiger partial charge in [-0.1, -0.05) is 29.3 Å². The van der Waals surface area contributed by atoms with Crippen molar-refractivity contribution in [1.82, 2.24) is 9.80 Å². The summed E-state index contributed by atoms with van der Waals surface area (Å²) in [6.07, 6.45) is 1.64. The van der Waals surface area contributed by atoms with Crippen molar-refractivity contribution in [2.75, 3.05) is 46.0 Å². The van der Waals surface area contributed by atoms with Crippen LogP contribution in [0.5, 0.6) is 5.75 Å². The van der Waals surface area contributed by atoms with Gasteiger partial charge in [-0.05, 0) is 55.3 Å². The number of morpholine rings is 1. The number of amides is 2. The second kappa shape index (κ2) is 10.7. The molecule has 1 aromatic heterocycles. The first-order chi connectivity index (χ1) is 17.4. The van der Waals surface area contributed by atoms with E-state index in [0.717, 1.165) is 5.39 Å². The standard InChI is InChI=1S/C27H28Cl2N2O5/c28-20-2-1-3-22(16-20)35-18-27(17-25(32)30-10-12-34-13-11-30)6-8-31(9-7-27)26(33)24-15-19-14-21(29)4-5-23(19)36-24/h1-5,14-16H,6-13,17-18H2. The lowest BCUT2D eigenvalue weighted by molar-refractivity contribution is -0.139. The van der Waals surface area contributed by atoms with Gasteiger partial charge < -0.3 is 23.7 Å². The molecule has 3 aromatic rings. The molecule has 0 unspecified atom stereocenters. The van der Waals surface area contributed by atoms with E-state index < -0.39 is 5.41 Å². The number of likely N-dealkylation sites (tertiary alicyclic amines) is 1. The molecular formula is C27H28Cl2N2O5. The minimum atomic E-state index is -0.393. The van der Waals surface area contributed by atoms with Crippen LogP contribution in [-0.2, 0) is 9.53 Å². The number of hydrogen-bond acceptors (Lipinski definition) is 5. The number of hydrogen-bond donors (Lipinski definition) is 0. The number of halogens is 2. The van der Waals surface area contributed by atoms with Gasteiger partial charge in [-0.2, -0.15) is 0 Å². The predicted molar refractivity (Wildman–Crippen MR) is 138 cm³/mol. The number of fused-ring (bicyclic) bond motifs is 1. The first-order valence-corrected chi connectivity index (χ1v) is 12.9. The second-order valence-electron chi connectivity index (χ2n) is 9.50. The fourth-order valence-corrected chi connectivity index (χ4v) is 5.23. The number of carbonyl (C=O) groups excluding carboxylic acids is 2. The quantitative estimate of drug-likeness (QED) is 0.432. The zero-order valence-corrected chi connectivity index (χ0v) is 21.4. The van der Waals surface area contributed by atoms with Crippen LogP contribution in [-0.4, -0.2) is 67.6 Å². The Morgan fingerprint density at radius 2 is 1.67 bits per heavy atom. The van der Waals surface area contributed by atoms with Crippen LogP contribution >= 0.6 is 23.2 Å². The summed E-state index contributed by atoms with van der Waals surface area (Å²) in [5, 5.41) is 1.98. The van der Waals surface area contributed by atoms with E-state index in [1.807, 2.05) is 17.0 Å². The Morgan fingerprint density at radius 1 is 0.917 bits per heavy atom. The monoisotopic (exact) mass is 530 g/mol. The van der Waals surface area contributed by atoms with Gasteiger partial charge in [0, 0.05) is 53.4 Å². The Labute approximate surface area is 219 Å². The summed E-state index contributed by atoms with van der Waals surface area (Å²) >= 11 is 12.2. The number of carbonyl (C=O) groups is 2. The minimum absolute atomic E-state index is 0.0990. The van der Waals surface area contributed by atoms with Crippen molar-refractivity contribution in [3.8, 4) is 5.75 Å². The molecule has 2 aliphatic rings. The maximum Gasteiger partial charge on any atom is 0.289 e. The molecule has 0 bridgehead atoms. The minimum Gasteiger partial charge on any atom is -0.493 e. The maximum atomic E-state index is 13.2.